The predicted octanol–water partition coefficient (Wildman–Crippen LogP) is 2.37. The second kappa shape index (κ2) is 7.99. The van der Waals surface area contributed by atoms with E-state index in [0.29, 0.717) is 24.5 Å². The van der Waals surface area contributed by atoms with E-state index in [4.69, 9.17) is 0 Å². The molecule has 2 aromatic rings. The van der Waals surface area contributed by atoms with Crippen molar-refractivity contribution in [3.05, 3.63) is 48.5 Å². The first kappa shape index (κ1) is 17.2. The molecule has 1 atom stereocenters. The van der Waals surface area contributed by atoms with Crippen molar-refractivity contribution in [2.75, 3.05) is 19.6 Å². The molecule has 0 spiro atoms. The van der Waals surface area contributed by atoms with Crippen LogP contribution in [-0.2, 0) is 4.79 Å². The number of amides is 1. The lowest BCUT2D eigenvalue weighted by atomic mass is 9.91. The van der Waals surface area contributed by atoms with Crippen molar-refractivity contribution in [1.29, 1.82) is 0 Å². The average Bonchev–Trinajstić information content (AvgIpc) is 3.35. The fourth-order valence-electron chi connectivity index (χ4n) is 4.37. The van der Waals surface area contributed by atoms with Gasteiger partial charge in [-0.1, -0.05) is 30.3 Å². The summed E-state index contributed by atoms with van der Waals surface area (Å²) in [6, 6.07) is 11.4. The topological polar surface area (TPSA) is 63.1 Å². The van der Waals surface area contributed by atoms with Crippen molar-refractivity contribution in [3.8, 4) is 0 Å². The molecule has 1 aromatic heterocycles. The normalized spacial score (nSPS) is 26.7. The van der Waals surface area contributed by atoms with Gasteiger partial charge in [0.05, 0.1) is 6.54 Å². The summed E-state index contributed by atoms with van der Waals surface area (Å²) in [6.07, 6.45) is 8.93. The molecule has 0 radical (unpaired) electrons. The smallest absolute Gasteiger partial charge is 0.234 e. The van der Waals surface area contributed by atoms with Gasteiger partial charge in [0, 0.05) is 18.6 Å². The van der Waals surface area contributed by atoms with E-state index in [1.807, 2.05) is 0 Å². The number of carbonyl (C=O) groups excluding carboxylic acids is 1. The monoisotopic (exact) mass is 353 g/mol. The van der Waals surface area contributed by atoms with Crippen molar-refractivity contribution >= 4 is 5.91 Å². The highest BCUT2D eigenvalue weighted by Crippen LogP contribution is 2.28. The molecule has 1 aliphatic carbocycles. The number of aromatic nitrogens is 3. The Morgan fingerprint density at radius 2 is 1.77 bits per heavy atom. The maximum absolute atomic E-state index is 12.4. The van der Waals surface area contributed by atoms with Gasteiger partial charge in [-0.25, -0.2) is 0 Å². The van der Waals surface area contributed by atoms with E-state index in [0.717, 1.165) is 45.2 Å². The molecule has 0 bridgehead atoms. The number of nitrogens with one attached hydrogen (secondary N) is 1. The van der Waals surface area contributed by atoms with E-state index in [2.05, 4.69) is 55.3 Å². The van der Waals surface area contributed by atoms with Gasteiger partial charge in [0.1, 0.15) is 12.7 Å². The van der Waals surface area contributed by atoms with Crippen molar-refractivity contribution in [2.45, 2.75) is 50.1 Å². The van der Waals surface area contributed by atoms with Gasteiger partial charge in [-0.3, -0.25) is 9.69 Å². The molecule has 0 unspecified atom stereocenters. The van der Waals surface area contributed by atoms with Crippen molar-refractivity contribution < 1.29 is 4.79 Å². The van der Waals surface area contributed by atoms with Crippen LogP contribution in [0.4, 0.5) is 0 Å². The largest absolute Gasteiger partial charge is 0.352 e. The number of carbonyl (C=O) groups is 1. The molecule has 1 amide bonds. The van der Waals surface area contributed by atoms with Gasteiger partial charge in [0.15, 0.2) is 0 Å². The van der Waals surface area contributed by atoms with Crippen LogP contribution >= 0.6 is 0 Å². The van der Waals surface area contributed by atoms with Gasteiger partial charge in [0.2, 0.25) is 5.91 Å². The number of hydrogen-bond acceptors (Lipinski definition) is 4. The van der Waals surface area contributed by atoms with Crippen LogP contribution in [-0.4, -0.2) is 51.2 Å². The Hall–Kier alpha value is -2.21. The van der Waals surface area contributed by atoms with Crippen LogP contribution in [0.2, 0.25) is 0 Å². The van der Waals surface area contributed by atoms with Crippen LogP contribution < -0.4 is 5.32 Å². The molecule has 1 saturated heterocycles. The van der Waals surface area contributed by atoms with Gasteiger partial charge in [0.25, 0.3) is 0 Å². The molecule has 1 aliphatic heterocycles. The van der Waals surface area contributed by atoms with Gasteiger partial charge >= 0.3 is 0 Å². The summed E-state index contributed by atoms with van der Waals surface area (Å²) in [5.74, 6) is 0.731. The molecule has 6 nitrogen and oxygen atoms in total. The lowest BCUT2D eigenvalue weighted by Crippen LogP contribution is -2.43. The van der Waals surface area contributed by atoms with Gasteiger partial charge < -0.3 is 9.88 Å². The van der Waals surface area contributed by atoms with Crippen LogP contribution in [0.3, 0.4) is 0 Å². The van der Waals surface area contributed by atoms with E-state index in [-0.39, 0.29) is 5.91 Å². The zero-order valence-electron chi connectivity index (χ0n) is 15.1. The highest BCUT2D eigenvalue weighted by atomic mass is 16.2. The quantitative estimate of drug-likeness (QED) is 0.896. The first-order chi connectivity index (χ1) is 12.8. The lowest BCUT2D eigenvalue weighted by molar-refractivity contribution is -0.123. The Morgan fingerprint density at radius 1 is 1.04 bits per heavy atom. The molecule has 1 aromatic carbocycles. The minimum atomic E-state index is 0.173. The fraction of sp³-hybridized carbons (Fsp3) is 0.550. The third-order valence-corrected chi connectivity index (χ3v) is 5.83. The van der Waals surface area contributed by atoms with Gasteiger partial charge in [-0.15, -0.1) is 10.2 Å². The summed E-state index contributed by atoms with van der Waals surface area (Å²) in [5, 5.41) is 11.0. The van der Waals surface area contributed by atoms with Crippen molar-refractivity contribution in [2.24, 2.45) is 0 Å². The van der Waals surface area contributed by atoms with Crippen LogP contribution in [0.15, 0.2) is 43.0 Å². The predicted molar refractivity (Wildman–Crippen MR) is 99.7 cm³/mol. The Bertz CT molecular complexity index is 694. The Morgan fingerprint density at radius 3 is 2.50 bits per heavy atom. The number of nitrogens with zero attached hydrogens (tertiary/aromatic N) is 4. The highest BCUT2D eigenvalue weighted by Gasteiger charge is 2.27. The summed E-state index contributed by atoms with van der Waals surface area (Å²) in [7, 11) is 0. The minimum Gasteiger partial charge on any atom is -0.352 e. The van der Waals surface area contributed by atoms with E-state index < -0.39 is 0 Å². The SMILES string of the molecule is O=C(CN1CC[C@@H](c2ccccc2)C1)NC1CCC(n2cnnc2)CC1. The van der Waals surface area contributed by atoms with E-state index >= 15 is 0 Å². The second-order valence-corrected chi connectivity index (χ2v) is 7.61. The summed E-state index contributed by atoms with van der Waals surface area (Å²) < 4.78 is 2.09. The molecule has 6 heteroatoms. The second-order valence-electron chi connectivity index (χ2n) is 7.61. The summed E-state index contributed by atoms with van der Waals surface area (Å²) in [5.41, 5.74) is 1.39. The fourth-order valence-corrected chi connectivity index (χ4v) is 4.37. The minimum absolute atomic E-state index is 0.173. The van der Waals surface area contributed by atoms with Gasteiger partial charge in [-0.2, -0.15) is 0 Å². The zero-order valence-corrected chi connectivity index (χ0v) is 15.1. The molecular weight excluding hydrogens is 326 g/mol. The van der Waals surface area contributed by atoms with Crippen LogP contribution in [0.5, 0.6) is 0 Å². The van der Waals surface area contributed by atoms with Crippen LogP contribution in [0.25, 0.3) is 0 Å². The standard InChI is InChI=1S/C20H27N5O/c26-20(13-24-11-10-17(12-24)16-4-2-1-3-5-16)23-18-6-8-19(9-7-18)25-14-21-22-15-25/h1-5,14-15,17-19H,6-13H2,(H,23,26)/t17-,18?,19?/m1/s1. The highest BCUT2D eigenvalue weighted by molar-refractivity contribution is 5.78. The average molecular weight is 353 g/mol. The number of rotatable bonds is 5. The molecule has 2 fully saturated rings. The summed E-state index contributed by atoms with van der Waals surface area (Å²) in [6.45, 7) is 2.51. The van der Waals surface area contributed by atoms with Crippen LogP contribution in [0, 0.1) is 0 Å². The first-order valence-electron chi connectivity index (χ1n) is 9.68. The zero-order chi connectivity index (χ0) is 17.8. The molecule has 26 heavy (non-hydrogen) atoms. The van der Waals surface area contributed by atoms with Crippen molar-refractivity contribution in [3.63, 3.8) is 0 Å². The van der Waals surface area contributed by atoms with Crippen LogP contribution in [0.1, 0.15) is 49.6 Å². The molecule has 2 aliphatic rings. The Balaban J connectivity index is 1.20. The van der Waals surface area contributed by atoms with E-state index in [1.54, 1.807) is 12.7 Å². The molecule has 1 saturated carbocycles. The number of benzene rings is 1. The Labute approximate surface area is 154 Å². The third kappa shape index (κ3) is 4.12. The maximum atomic E-state index is 12.4. The number of hydrogen-bond donors (Lipinski definition) is 1. The maximum Gasteiger partial charge on any atom is 0.234 e. The molecule has 1 N–H and O–H groups in total. The van der Waals surface area contributed by atoms with Gasteiger partial charge in [-0.05, 0) is 50.1 Å². The van der Waals surface area contributed by atoms with E-state index in [9.17, 15) is 4.79 Å². The molecular formula is C20H27N5O. The lowest BCUT2D eigenvalue weighted by Gasteiger charge is -2.30. The first-order valence-corrected chi connectivity index (χ1v) is 9.68. The molecule has 138 valence electrons. The summed E-state index contributed by atoms with van der Waals surface area (Å²) in [4.78, 5) is 14.7. The van der Waals surface area contributed by atoms with Crippen molar-refractivity contribution in [1.82, 2.24) is 25.0 Å². The Kier molecular flexibility index (Phi) is 5.29. The summed E-state index contributed by atoms with van der Waals surface area (Å²) >= 11 is 0. The third-order valence-electron chi connectivity index (χ3n) is 5.83. The number of likely N-dealkylation sites (tertiary alicyclic amines) is 1. The van der Waals surface area contributed by atoms with E-state index in [1.165, 1.54) is 5.56 Å². The molecule has 4 rings (SSSR count). The molecule has 2 heterocycles.